The SMILES string of the molecule is CC[Si](CC)(CC)O[C@H](COCc1ccccc1)[C@@H](OCc1ccccc1)[C@H](OCc1ccccc1)[C@H](CC=O)OCc1ccccc1. The first-order valence-corrected chi connectivity index (χ1v) is 19.8. The number of ether oxygens (including phenoxy) is 4. The number of rotatable bonds is 23. The summed E-state index contributed by atoms with van der Waals surface area (Å²) in [4.78, 5) is 12.2. The molecule has 4 rings (SSSR count). The maximum atomic E-state index is 12.2. The van der Waals surface area contributed by atoms with E-state index in [0.29, 0.717) is 33.0 Å². The first-order valence-electron chi connectivity index (χ1n) is 17.3. The smallest absolute Gasteiger partial charge is 0.192 e. The zero-order valence-corrected chi connectivity index (χ0v) is 29.7. The Hall–Kier alpha value is -3.43. The van der Waals surface area contributed by atoms with E-state index in [1.807, 2.05) is 97.1 Å². The second-order valence-electron chi connectivity index (χ2n) is 12.2. The van der Waals surface area contributed by atoms with Gasteiger partial charge in [-0.2, -0.15) is 0 Å². The van der Waals surface area contributed by atoms with Crippen LogP contribution in [0.4, 0.5) is 0 Å². The molecule has 0 amide bonds. The van der Waals surface area contributed by atoms with Gasteiger partial charge in [-0.3, -0.25) is 0 Å². The van der Waals surface area contributed by atoms with Crippen molar-refractivity contribution in [2.45, 2.75) is 96.2 Å². The normalized spacial score (nSPS) is 14.2. The molecule has 0 bridgehead atoms. The zero-order valence-electron chi connectivity index (χ0n) is 28.7. The van der Waals surface area contributed by atoms with E-state index in [9.17, 15) is 4.79 Å². The number of aldehydes is 1. The topological polar surface area (TPSA) is 63.2 Å². The monoisotopic (exact) mass is 668 g/mol. The molecule has 0 aromatic heterocycles. The van der Waals surface area contributed by atoms with Crippen LogP contribution >= 0.6 is 0 Å². The Balaban J connectivity index is 1.73. The van der Waals surface area contributed by atoms with Crippen LogP contribution in [-0.2, 0) is 54.6 Å². The maximum absolute atomic E-state index is 12.2. The van der Waals surface area contributed by atoms with E-state index in [-0.39, 0.29) is 6.42 Å². The van der Waals surface area contributed by atoms with Crippen LogP contribution in [0, 0.1) is 0 Å². The highest BCUT2D eigenvalue weighted by molar-refractivity contribution is 6.73. The number of carbonyl (C=O) groups is 1. The van der Waals surface area contributed by atoms with Crippen LogP contribution in [0.2, 0.25) is 18.1 Å². The van der Waals surface area contributed by atoms with Crippen LogP contribution in [0.1, 0.15) is 49.4 Å². The summed E-state index contributed by atoms with van der Waals surface area (Å²) in [7, 11) is -2.16. The van der Waals surface area contributed by atoms with E-state index >= 15 is 0 Å². The van der Waals surface area contributed by atoms with Crippen LogP contribution < -0.4 is 0 Å². The molecule has 0 aliphatic rings. The van der Waals surface area contributed by atoms with E-state index in [1.165, 1.54) is 0 Å². The third-order valence-electron chi connectivity index (χ3n) is 8.99. The molecule has 4 aromatic carbocycles. The Morgan fingerprint density at radius 2 is 0.896 bits per heavy atom. The van der Waals surface area contributed by atoms with Gasteiger partial charge in [-0.05, 0) is 40.4 Å². The lowest BCUT2D eigenvalue weighted by Gasteiger charge is -2.41. The van der Waals surface area contributed by atoms with Gasteiger partial charge in [0.25, 0.3) is 0 Å². The van der Waals surface area contributed by atoms with Gasteiger partial charge in [-0.15, -0.1) is 0 Å². The summed E-state index contributed by atoms with van der Waals surface area (Å²) in [5.74, 6) is 0. The molecule has 4 atom stereocenters. The van der Waals surface area contributed by atoms with Gasteiger partial charge in [-0.25, -0.2) is 0 Å². The van der Waals surface area contributed by atoms with Crippen LogP contribution in [0.25, 0.3) is 0 Å². The molecule has 0 radical (unpaired) electrons. The first kappa shape index (κ1) is 37.4. The van der Waals surface area contributed by atoms with Gasteiger partial charge in [0.1, 0.15) is 18.5 Å². The largest absolute Gasteiger partial charge is 0.409 e. The third-order valence-corrected chi connectivity index (χ3v) is 13.7. The minimum absolute atomic E-state index is 0.146. The van der Waals surface area contributed by atoms with Gasteiger partial charge >= 0.3 is 0 Å². The Morgan fingerprint density at radius 3 is 1.29 bits per heavy atom. The molecule has 0 aliphatic heterocycles. The fourth-order valence-electron chi connectivity index (χ4n) is 5.91. The average Bonchev–Trinajstić information content (AvgIpc) is 3.15. The summed E-state index contributed by atoms with van der Waals surface area (Å²) in [6, 6.07) is 43.3. The van der Waals surface area contributed by atoms with Gasteiger partial charge in [-0.1, -0.05) is 142 Å². The summed E-state index contributed by atoms with van der Waals surface area (Å²) >= 11 is 0. The van der Waals surface area contributed by atoms with E-state index in [2.05, 4.69) is 45.0 Å². The van der Waals surface area contributed by atoms with Crippen molar-refractivity contribution >= 4 is 14.6 Å². The lowest BCUT2D eigenvalue weighted by Crippen LogP contribution is -2.54. The van der Waals surface area contributed by atoms with Gasteiger partial charge in [0.05, 0.1) is 45.2 Å². The minimum Gasteiger partial charge on any atom is -0.409 e. The number of hydrogen-bond donors (Lipinski definition) is 0. The summed E-state index contributed by atoms with van der Waals surface area (Å²) < 4.78 is 34.0. The Bertz CT molecular complexity index is 1390. The molecule has 4 aromatic rings. The van der Waals surface area contributed by atoms with Crippen molar-refractivity contribution < 1.29 is 28.2 Å². The number of hydrogen-bond acceptors (Lipinski definition) is 6. The molecule has 0 spiro atoms. The van der Waals surface area contributed by atoms with Gasteiger partial charge < -0.3 is 28.2 Å². The molecule has 256 valence electrons. The fourth-order valence-corrected chi connectivity index (χ4v) is 8.76. The highest BCUT2D eigenvalue weighted by atomic mass is 28.4. The molecule has 0 saturated carbocycles. The average molecular weight is 669 g/mol. The summed E-state index contributed by atoms with van der Waals surface area (Å²) in [6.45, 7) is 8.44. The van der Waals surface area contributed by atoms with Crippen molar-refractivity contribution in [1.29, 1.82) is 0 Å². The molecule has 7 heteroatoms. The third kappa shape index (κ3) is 11.9. The van der Waals surface area contributed by atoms with Crippen molar-refractivity contribution in [3.8, 4) is 0 Å². The molecule has 48 heavy (non-hydrogen) atoms. The molecule has 0 unspecified atom stereocenters. The van der Waals surface area contributed by atoms with E-state index in [4.69, 9.17) is 23.4 Å². The van der Waals surface area contributed by atoms with Crippen molar-refractivity contribution in [3.63, 3.8) is 0 Å². The molecular weight excluding hydrogens is 617 g/mol. The second kappa shape index (κ2) is 20.8. The number of benzene rings is 4. The van der Waals surface area contributed by atoms with Crippen LogP contribution in [0.15, 0.2) is 121 Å². The van der Waals surface area contributed by atoms with Gasteiger partial charge in [0.2, 0.25) is 0 Å². The van der Waals surface area contributed by atoms with Crippen molar-refractivity contribution in [1.82, 2.24) is 0 Å². The maximum Gasteiger partial charge on any atom is 0.192 e. The van der Waals surface area contributed by atoms with Gasteiger partial charge in [0.15, 0.2) is 8.32 Å². The standard InChI is InChI=1S/C41H52O6Si/c1-4-48(5-2,6-3)47-39(33-43-29-34-19-11-7-12-20-34)41(46-32-37-25-17-10-18-26-37)40(45-31-36-23-15-9-16-24-36)38(27-28-42)44-30-35-21-13-8-14-22-35/h7-26,28,38-41H,4-6,27,29-33H2,1-3H3/t38-,39+,40+,41+/m0/s1. The van der Waals surface area contributed by atoms with E-state index in [0.717, 1.165) is 46.7 Å². The minimum atomic E-state index is -2.16. The molecule has 0 fully saturated rings. The molecular formula is C41H52O6Si. The lowest BCUT2D eigenvalue weighted by atomic mass is 10.00. The predicted octanol–water partition coefficient (Wildman–Crippen LogP) is 8.94. The Labute approximate surface area is 288 Å². The highest BCUT2D eigenvalue weighted by Gasteiger charge is 2.42. The molecule has 0 saturated heterocycles. The summed E-state index contributed by atoms with van der Waals surface area (Å²) in [5.41, 5.74) is 4.17. The molecule has 6 nitrogen and oxygen atoms in total. The van der Waals surface area contributed by atoms with E-state index < -0.39 is 32.7 Å². The summed E-state index contributed by atoms with van der Waals surface area (Å²) in [6.07, 6.45) is -1.22. The fraction of sp³-hybridized carbons (Fsp3) is 0.390. The van der Waals surface area contributed by atoms with Crippen molar-refractivity contribution in [2.24, 2.45) is 0 Å². The second-order valence-corrected chi connectivity index (χ2v) is 16.9. The molecule has 0 N–H and O–H groups in total. The number of carbonyl (C=O) groups excluding carboxylic acids is 1. The zero-order chi connectivity index (χ0) is 33.9. The summed E-state index contributed by atoms with van der Waals surface area (Å²) in [5, 5.41) is 0. The Kier molecular flexibility index (Phi) is 16.2. The van der Waals surface area contributed by atoms with Crippen LogP contribution in [0.3, 0.4) is 0 Å². The first-order chi connectivity index (χ1) is 23.6. The van der Waals surface area contributed by atoms with Crippen molar-refractivity contribution in [3.05, 3.63) is 144 Å². The highest BCUT2D eigenvalue weighted by Crippen LogP contribution is 2.30. The molecule has 0 heterocycles. The van der Waals surface area contributed by atoms with Crippen molar-refractivity contribution in [2.75, 3.05) is 6.61 Å². The van der Waals surface area contributed by atoms with Gasteiger partial charge in [0, 0.05) is 6.42 Å². The Morgan fingerprint density at radius 1 is 0.521 bits per heavy atom. The van der Waals surface area contributed by atoms with Crippen LogP contribution in [0.5, 0.6) is 0 Å². The lowest BCUT2D eigenvalue weighted by molar-refractivity contribution is -0.185. The van der Waals surface area contributed by atoms with E-state index in [1.54, 1.807) is 0 Å². The predicted molar refractivity (Wildman–Crippen MR) is 194 cm³/mol. The van der Waals surface area contributed by atoms with Crippen LogP contribution in [-0.4, -0.2) is 45.6 Å². The molecule has 0 aliphatic carbocycles. The quantitative estimate of drug-likeness (QED) is 0.0581.